The van der Waals surface area contributed by atoms with Gasteiger partial charge in [0.05, 0.1) is 10.7 Å². The minimum absolute atomic E-state index is 0.0231. The maximum absolute atomic E-state index is 6.35. The second-order valence-corrected chi connectivity index (χ2v) is 6.00. The van der Waals surface area contributed by atoms with Gasteiger partial charge in [0.25, 0.3) is 0 Å². The Hall–Kier alpha value is -0.730. The first kappa shape index (κ1) is 15.3. The third kappa shape index (κ3) is 3.89. The topological polar surface area (TPSA) is 29.3 Å². The highest BCUT2D eigenvalue weighted by Crippen LogP contribution is 2.30. The summed E-state index contributed by atoms with van der Waals surface area (Å²) in [4.78, 5) is 2.24. The monoisotopic (exact) mass is 268 g/mol. The lowest BCUT2D eigenvalue weighted by Gasteiger charge is -2.29. The van der Waals surface area contributed by atoms with Gasteiger partial charge in [0.2, 0.25) is 0 Å². The molecule has 0 heterocycles. The molecule has 0 saturated carbocycles. The van der Waals surface area contributed by atoms with E-state index >= 15 is 0 Å². The summed E-state index contributed by atoms with van der Waals surface area (Å²) in [5, 5.41) is 0.780. The van der Waals surface area contributed by atoms with E-state index < -0.39 is 0 Å². The van der Waals surface area contributed by atoms with E-state index in [0.717, 1.165) is 22.7 Å². The van der Waals surface area contributed by atoms with Crippen molar-refractivity contribution in [3.63, 3.8) is 0 Å². The molecular formula is C15H25ClN2. The molecule has 1 rings (SSSR count). The van der Waals surface area contributed by atoms with Gasteiger partial charge in [-0.2, -0.15) is 0 Å². The molecule has 102 valence electrons. The van der Waals surface area contributed by atoms with E-state index in [1.807, 2.05) is 13.0 Å². The molecule has 0 aliphatic carbocycles. The smallest absolute Gasteiger partial charge is 0.0642 e. The Morgan fingerprint density at radius 3 is 2.28 bits per heavy atom. The average molecular weight is 269 g/mol. The number of hydrogen-bond donors (Lipinski definition) is 1. The van der Waals surface area contributed by atoms with Crippen LogP contribution in [-0.2, 0) is 0 Å². The zero-order valence-corrected chi connectivity index (χ0v) is 12.8. The number of anilines is 1. The minimum atomic E-state index is 0.0231. The fourth-order valence-corrected chi connectivity index (χ4v) is 2.49. The number of halogens is 1. The summed E-state index contributed by atoms with van der Waals surface area (Å²) in [6, 6.07) is 6.60. The van der Waals surface area contributed by atoms with Crippen LogP contribution in [0.15, 0.2) is 18.2 Å². The van der Waals surface area contributed by atoms with Crippen LogP contribution in [0.2, 0.25) is 5.02 Å². The predicted molar refractivity (Wildman–Crippen MR) is 81.4 cm³/mol. The van der Waals surface area contributed by atoms with E-state index in [0.29, 0.717) is 12.0 Å². The molecule has 0 aliphatic rings. The third-order valence-electron chi connectivity index (χ3n) is 3.35. The van der Waals surface area contributed by atoms with Crippen molar-refractivity contribution in [2.45, 2.75) is 46.2 Å². The first-order valence-corrected chi connectivity index (χ1v) is 6.98. The van der Waals surface area contributed by atoms with Gasteiger partial charge in [-0.3, -0.25) is 0 Å². The molecule has 0 amide bonds. The molecule has 2 atom stereocenters. The van der Waals surface area contributed by atoms with Gasteiger partial charge in [-0.15, -0.1) is 0 Å². The first-order chi connectivity index (χ1) is 8.32. The van der Waals surface area contributed by atoms with E-state index in [-0.39, 0.29) is 6.04 Å². The molecule has 18 heavy (non-hydrogen) atoms. The molecule has 1 aromatic rings. The van der Waals surface area contributed by atoms with Crippen LogP contribution in [0, 0.1) is 5.92 Å². The Morgan fingerprint density at radius 2 is 1.83 bits per heavy atom. The molecule has 0 radical (unpaired) electrons. The Morgan fingerprint density at radius 1 is 1.22 bits per heavy atom. The number of benzene rings is 1. The molecule has 3 heteroatoms. The Labute approximate surface area is 116 Å². The summed E-state index contributed by atoms with van der Waals surface area (Å²) in [7, 11) is 2.10. The van der Waals surface area contributed by atoms with Crippen LogP contribution in [0.1, 0.15) is 45.7 Å². The van der Waals surface area contributed by atoms with Gasteiger partial charge < -0.3 is 10.6 Å². The molecule has 0 saturated heterocycles. The van der Waals surface area contributed by atoms with Gasteiger partial charge in [-0.05, 0) is 43.9 Å². The van der Waals surface area contributed by atoms with Crippen molar-refractivity contribution in [2.75, 3.05) is 11.9 Å². The lowest BCUT2D eigenvalue weighted by Crippen LogP contribution is -2.30. The van der Waals surface area contributed by atoms with E-state index in [9.17, 15) is 0 Å². The number of rotatable bonds is 5. The lowest BCUT2D eigenvalue weighted by atomic mass is 10.0. The predicted octanol–water partition coefficient (Wildman–Crippen LogP) is 4.23. The molecule has 2 nitrogen and oxygen atoms in total. The zero-order chi connectivity index (χ0) is 13.9. The fraction of sp³-hybridized carbons (Fsp3) is 0.600. The van der Waals surface area contributed by atoms with E-state index in [1.165, 1.54) is 0 Å². The van der Waals surface area contributed by atoms with Crippen molar-refractivity contribution in [3.8, 4) is 0 Å². The molecule has 0 aliphatic heterocycles. The Bertz CT molecular complexity index is 388. The molecule has 2 N–H and O–H groups in total. The molecule has 0 spiro atoms. The van der Waals surface area contributed by atoms with Crippen LogP contribution in [0.3, 0.4) is 0 Å². The molecule has 0 aromatic heterocycles. The van der Waals surface area contributed by atoms with Gasteiger partial charge in [0.1, 0.15) is 0 Å². The van der Waals surface area contributed by atoms with Gasteiger partial charge in [0.15, 0.2) is 0 Å². The van der Waals surface area contributed by atoms with Crippen LogP contribution < -0.4 is 10.6 Å². The van der Waals surface area contributed by atoms with Crippen LogP contribution >= 0.6 is 11.6 Å². The van der Waals surface area contributed by atoms with Crippen molar-refractivity contribution in [3.05, 3.63) is 28.8 Å². The van der Waals surface area contributed by atoms with Crippen LogP contribution in [0.5, 0.6) is 0 Å². The third-order valence-corrected chi connectivity index (χ3v) is 3.65. The summed E-state index contributed by atoms with van der Waals surface area (Å²) >= 11 is 6.35. The summed E-state index contributed by atoms with van der Waals surface area (Å²) in [6.45, 7) is 8.68. The second kappa shape index (κ2) is 6.44. The van der Waals surface area contributed by atoms with Crippen molar-refractivity contribution in [2.24, 2.45) is 11.7 Å². The minimum Gasteiger partial charge on any atom is -0.371 e. The van der Waals surface area contributed by atoms with E-state index in [2.05, 4.69) is 44.9 Å². The van der Waals surface area contributed by atoms with Crippen LogP contribution in [0.25, 0.3) is 0 Å². The highest BCUT2D eigenvalue weighted by molar-refractivity contribution is 6.33. The summed E-state index contributed by atoms with van der Waals surface area (Å²) in [5.41, 5.74) is 8.02. The van der Waals surface area contributed by atoms with Gasteiger partial charge in [-0.25, -0.2) is 0 Å². The normalized spacial score (nSPS) is 14.7. The quantitative estimate of drug-likeness (QED) is 0.866. The highest BCUT2D eigenvalue weighted by Gasteiger charge is 2.15. The van der Waals surface area contributed by atoms with Crippen LogP contribution in [-0.4, -0.2) is 13.1 Å². The largest absolute Gasteiger partial charge is 0.371 e. The molecule has 1 unspecified atom stereocenters. The highest BCUT2D eigenvalue weighted by atomic mass is 35.5. The first-order valence-electron chi connectivity index (χ1n) is 6.60. The molecule has 0 bridgehead atoms. The Balaban J connectivity index is 2.89. The SMILES string of the molecule is CC(C)CC(C)N(C)c1ccc([C@@H](C)N)cc1Cl. The van der Waals surface area contributed by atoms with Gasteiger partial charge >= 0.3 is 0 Å². The summed E-state index contributed by atoms with van der Waals surface area (Å²) < 4.78 is 0. The zero-order valence-electron chi connectivity index (χ0n) is 12.1. The lowest BCUT2D eigenvalue weighted by molar-refractivity contribution is 0.504. The van der Waals surface area contributed by atoms with Gasteiger partial charge in [0, 0.05) is 19.1 Å². The van der Waals surface area contributed by atoms with Gasteiger partial charge in [-0.1, -0.05) is 31.5 Å². The molecular weight excluding hydrogens is 244 g/mol. The second-order valence-electron chi connectivity index (χ2n) is 5.59. The average Bonchev–Trinajstić information content (AvgIpc) is 2.26. The summed E-state index contributed by atoms with van der Waals surface area (Å²) in [5.74, 6) is 0.685. The molecule has 1 aromatic carbocycles. The maximum Gasteiger partial charge on any atom is 0.0642 e. The summed E-state index contributed by atoms with van der Waals surface area (Å²) in [6.07, 6.45) is 1.15. The van der Waals surface area contributed by atoms with E-state index in [1.54, 1.807) is 0 Å². The Kier molecular flexibility index (Phi) is 5.48. The van der Waals surface area contributed by atoms with Crippen LogP contribution in [0.4, 0.5) is 5.69 Å². The van der Waals surface area contributed by atoms with Crippen molar-refractivity contribution < 1.29 is 0 Å². The number of nitrogens with two attached hydrogens (primary N) is 1. The fourth-order valence-electron chi connectivity index (χ4n) is 2.17. The van der Waals surface area contributed by atoms with Crippen molar-refractivity contribution in [1.82, 2.24) is 0 Å². The van der Waals surface area contributed by atoms with E-state index in [4.69, 9.17) is 17.3 Å². The number of nitrogens with zero attached hydrogens (tertiary/aromatic N) is 1. The van der Waals surface area contributed by atoms with Crippen molar-refractivity contribution >= 4 is 17.3 Å². The standard InChI is InChI=1S/C15H25ClN2/c1-10(2)8-11(3)18(5)15-7-6-13(12(4)17)9-14(15)16/h6-7,9-12H,8,17H2,1-5H3/t11?,12-/m1/s1. The van der Waals surface area contributed by atoms with Crippen molar-refractivity contribution in [1.29, 1.82) is 0 Å². The maximum atomic E-state index is 6.35. The molecule has 0 fully saturated rings. The number of hydrogen-bond acceptors (Lipinski definition) is 2.